The average Bonchev–Trinajstić information content (AvgIpc) is 2.63. The smallest absolute Gasteiger partial charge is 0.236 e. The number of amides is 1. The van der Waals surface area contributed by atoms with Gasteiger partial charge in [-0.05, 0) is 6.92 Å². The summed E-state index contributed by atoms with van der Waals surface area (Å²) in [7, 11) is 3.60. The first-order valence-corrected chi connectivity index (χ1v) is 4.93. The molecule has 1 amide bonds. The summed E-state index contributed by atoms with van der Waals surface area (Å²) in [5.41, 5.74) is 0.837. The largest absolute Gasteiger partial charge is 0.345 e. The molecular weight excluding hydrogens is 194 g/mol. The Labute approximate surface area is 89.3 Å². The van der Waals surface area contributed by atoms with Gasteiger partial charge in [0, 0.05) is 33.4 Å². The second-order valence-corrected chi connectivity index (χ2v) is 3.40. The van der Waals surface area contributed by atoms with Crippen molar-refractivity contribution in [1.29, 1.82) is 0 Å². The Morgan fingerprint density at radius 2 is 2.40 bits per heavy atom. The van der Waals surface area contributed by atoms with E-state index in [9.17, 15) is 4.79 Å². The lowest BCUT2D eigenvalue weighted by atomic mass is 10.4. The van der Waals surface area contributed by atoms with E-state index in [-0.39, 0.29) is 5.91 Å². The molecule has 15 heavy (non-hydrogen) atoms. The highest BCUT2D eigenvalue weighted by molar-refractivity contribution is 5.77. The Morgan fingerprint density at radius 1 is 1.67 bits per heavy atom. The lowest BCUT2D eigenvalue weighted by Crippen LogP contribution is -2.35. The van der Waals surface area contributed by atoms with Crippen molar-refractivity contribution in [2.75, 3.05) is 20.1 Å². The quantitative estimate of drug-likeness (QED) is 0.705. The van der Waals surface area contributed by atoms with Crippen molar-refractivity contribution >= 4 is 5.91 Å². The van der Waals surface area contributed by atoms with Crippen LogP contribution < -0.4 is 5.32 Å². The van der Waals surface area contributed by atoms with Gasteiger partial charge in [0.25, 0.3) is 0 Å². The molecule has 6 nitrogen and oxygen atoms in total. The molecule has 0 aliphatic rings. The third-order valence-electron chi connectivity index (χ3n) is 2.13. The molecule has 0 saturated heterocycles. The molecule has 1 rings (SSSR count). The predicted molar refractivity (Wildman–Crippen MR) is 56.0 cm³/mol. The molecule has 6 heteroatoms. The van der Waals surface area contributed by atoms with E-state index in [1.54, 1.807) is 16.6 Å². The van der Waals surface area contributed by atoms with Gasteiger partial charge in [-0.3, -0.25) is 9.48 Å². The fourth-order valence-electron chi connectivity index (χ4n) is 1.09. The monoisotopic (exact) mass is 211 g/mol. The van der Waals surface area contributed by atoms with Crippen LogP contribution in [0.5, 0.6) is 0 Å². The highest BCUT2D eigenvalue weighted by atomic mass is 16.2. The molecule has 0 saturated carbocycles. The lowest BCUT2D eigenvalue weighted by molar-refractivity contribution is -0.128. The Morgan fingerprint density at radius 3 is 2.93 bits per heavy atom. The number of likely N-dealkylation sites (N-methyl/N-ethyl adjacent to an activating group) is 1. The number of nitrogens with zero attached hydrogens (tertiary/aromatic N) is 4. The summed E-state index contributed by atoms with van der Waals surface area (Å²) in [4.78, 5) is 13.1. The number of nitrogens with one attached hydrogen (secondary N) is 1. The highest BCUT2D eigenvalue weighted by Crippen LogP contribution is 1.90. The Balaban J connectivity index is 2.24. The third kappa shape index (κ3) is 3.67. The number of rotatable bonds is 5. The van der Waals surface area contributed by atoms with Gasteiger partial charge in [0.1, 0.15) is 0 Å². The van der Waals surface area contributed by atoms with Crippen LogP contribution in [-0.2, 0) is 18.4 Å². The summed E-state index contributed by atoms with van der Waals surface area (Å²) in [5, 5.41) is 10.7. The normalized spacial score (nSPS) is 10.3. The summed E-state index contributed by atoms with van der Waals surface area (Å²) < 4.78 is 1.64. The molecular formula is C9H17N5O. The molecule has 0 bridgehead atoms. The van der Waals surface area contributed by atoms with Crippen LogP contribution in [0.3, 0.4) is 0 Å². The van der Waals surface area contributed by atoms with Gasteiger partial charge in [0.2, 0.25) is 5.91 Å². The van der Waals surface area contributed by atoms with Gasteiger partial charge in [-0.2, -0.15) is 0 Å². The molecule has 1 aromatic rings. The number of aromatic nitrogens is 3. The molecule has 0 unspecified atom stereocenters. The molecule has 0 atom stereocenters. The zero-order chi connectivity index (χ0) is 11.3. The van der Waals surface area contributed by atoms with Gasteiger partial charge in [0.15, 0.2) is 0 Å². The molecule has 0 radical (unpaired) electrons. The SMILES string of the molecule is CCN(C)C(=O)CNCc1cn(C)nn1. The maximum Gasteiger partial charge on any atom is 0.236 e. The van der Waals surface area contributed by atoms with Crippen LogP contribution >= 0.6 is 0 Å². The molecule has 1 N–H and O–H groups in total. The van der Waals surface area contributed by atoms with Crippen molar-refractivity contribution in [2.24, 2.45) is 7.05 Å². The maximum atomic E-state index is 11.4. The number of aryl methyl sites for hydroxylation is 1. The van der Waals surface area contributed by atoms with Crippen molar-refractivity contribution in [3.63, 3.8) is 0 Å². The van der Waals surface area contributed by atoms with E-state index in [0.717, 1.165) is 12.2 Å². The van der Waals surface area contributed by atoms with Crippen molar-refractivity contribution in [3.8, 4) is 0 Å². The lowest BCUT2D eigenvalue weighted by Gasteiger charge is -2.14. The van der Waals surface area contributed by atoms with Gasteiger partial charge in [-0.15, -0.1) is 5.10 Å². The number of carbonyl (C=O) groups is 1. The minimum atomic E-state index is 0.0846. The first-order chi connectivity index (χ1) is 7.13. The van der Waals surface area contributed by atoms with Crippen LogP contribution in [0, 0.1) is 0 Å². The van der Waals surface area contributed by atoms with Crippen LogP contribution in [0.2, 0.25) is 0 Å². The van der Waals surface area contributed by atoms with Crippen LogP contribution in [0.1, 0.15) is 12.6 Å². The zero-order valence-electron chi connectivity index (χ0n) is 9.40. The fourth-order valence-corrected chi connectivity index (χ4v) is 1.09. The summed E-state index contributed by atoms with van der Waals surface area (Å²) >= 11 is 0. The van der Waals surface area contributed by atoms with E-state index in [2.05, 4.69) is 15.6 Å². The minimum Gasteiger partial charge on any atom is -0.345 e. The van der Waals surface area contributed by atoms with E-state index in [1.165, 1.54) is 0 Å². The Kier molecular flexibility index (Phi) is 4.23. The summed E-state index contributed by atoms with van der Waals surface area (Å²) in [5.74, 6) is 0.0846. The van der Waals surface area contributed by atoms with Gasteiger partial charge < -0.3 is 10.2 Å². The van der Waals surface area contributed by atoms with E-state index >= 15 is 0 Å². The van der Waals surface area contributed by atoms with Gasteiger partial charge >= 0.3 is 0 Å². The average molecular weight is 211 g/mol. The van der Waals surface area contributed by atoms with E-state index in [1.807, 2.05) is 20.2 Å². The standard InChI is InChI=1S/C9H17N5O/c1-4-13(2)9(15)6-10-5-8-7-14(3)12-11-8/h7,10H,4-6H2,1-3H3. The zero-order valence-corrected chi connectivity index (χ0v) is 9.40. The van der Waals surface area contributed by atoms with Crippen molar-refractivity contribution < 1.29 is 4.79 Å². The summed E-state index contributed by atoms with van der Waals surface area (Å²) in [6.07, 6.45) is 1.82. The molecule has 1 heterocycles. The Bertz CT molecular complexity index is 322. The maximum absolute atomic E-state index is 11.4. The van der Waals surface area contributed by atoms with E-state index in [0.29, 0.717) is 13.1 Å². The summed E-state index contributed by atoms with van der Waals surface area (Å²) in [6, 6.07) is 0. The van der Waals surface area contributed by atoms with Crippen LogP contribution in [0.4, 0.5) is 0 Å². The van der Waals surface area contributed by atoms with Crippen molar-refractivity contribution in [2.45, 2.75) is 13.5 Å². The molecule has 0 fully saturated rings. The number of hydrogen-bond donors (Lipinski definition) is 1. The fraction of sp³-hybridized carbons (Fsp3) is 0.667. The van der Waals surface area contributed by atoms with Crippen LogP contribution in [0.25, 0.3) is 0 Å². The number of carbonyl (C=O) groups excluding carboxylic acids is 1. The van der Waals surface area contributed by atoms with E-state index in [4.69, 9.17) is 0 Å². The predicted octanol–water partition coefficient (Wildman–Crippen LogP) is -0.617. The van der Waals surface area contributed by atoms with Crippen molar-refractivity contribution in [1.82, 2.24) is 25.2 Å². The van der Waals surface area contributed by atoms with Gasteiger partial charge in [-0.1, -0.05) is 5.21 Å². The van der Waals surface area contributed by atoms with Gasteiger partial charge in [0.05, 0.1) is 12.2 Å². The third-order valence-corrected chi connectivity index (χ3v) is 2.13. The van der Waals surface area contributed by atoms with Crippen LogP contribution in [0.15, 0.2) is 6.20 Å². The topological polar surface area (TPSA) is 63.1 Å². The molecule has 0 aliphatic heterocycles. The molecule has 1 aromatic heterocycles. The highest BCUT2D eigenvalue weighted by Gasteiger charge is 2.05. The second kappa shape index (κ2) is 5.45. The first kappa shape index (κ1) is 11.6. The molecule has 0 aromatic carbocycles. The summed E-state index contributed by atoms with van der Waals surface area (Å²) in [6.45, 7) is 3.57. The molecule has 0 aliphatic carbocycles. The Hall–Kier alpha value is -1.43. The van der Waals surface area contributed by atoms with Crippen molar-refractivity contribution in [3.05, 3.63) is 11.9 Å². The van der Waals surface area contributed by atoms with Crippen LogP contribution in [-0.4, -0.2) is 45.9 Å². The first-order valence-electron chi connectivity index (χ1n) is 4.93. The minimum absolute atomic E-state index is 0.0846. The molecule has 0 spiro atoms. The molecule has 84 valence electrons. The second-order valence-electron chi connectivity index (χ2n) is 3.40. The number of hydrogen-bond acceptors (Lipinski definition) is 4. The van der Waals surface area contributed by atoms with E-state index < -0.39 is 0 Å². The van der Waals surface area contributed by atoms with Gasteiger partial charge in [-0.25, -0.2) is 0 Å².